The first-order valence-electron chi connectivity index (χ1n) is 4.67. The number of rotatable bonds is 4. The Kier molecular flexibility index (Phi) is 3.84. The molecule has 0 atom stereocenters. The highest BCUT2D eigenvalue weighted by Crippen LogP contribution is 2.19. The van der Waals surface area contributed by atoms with Crippen LogP contribution in [-0.4, -0.2) is 24.7 Å². The first kappa shape index (κ1) is 12.0. The van der Waals surface area contributed by atoms with Gasteiger partial charge in [-0.05, 0) is 18.2 Å². The monoisotopic (exact) mass is 222 g/mol. The summed E-state index contributed by atoms with van der Waals surface area (Å²) in [6, 6.07) is 5.93. The Balaban J connectivity index is 2.80. The van der Waals surface area contributed by atoms with E-state index >= 15 is 0 Å². The standard InChI is InChI=1S/C11H11FN2O2/c1-14(5-4-11(15)16)10-3-2-8(7-13)6-9(10)12/h2-3,6H,4-5H2,1H3,(H,15,16). The Hall–Kier alpha value is -2.09. The average Bonchev–Trinajstić information content (AvgIpc) is 2.25. The number of carboxylic acid groups (broad SMARTS) is 1. The molecule has 1 N–H and O–H groups in total. The molecule has 84 valence electrons. The van der Waals surface area contributed by atoms with Crippen LogP contribution >= 0.6 is 0 Å². The SMILES string of the molecule is CN(CCC(=O)O)c1ccc(C#N)cc1F. The second-order valence-electron chi connectivity index (χ2n) is 3.34. The maximum atomic E-state index is 13.5. The lowest BCUT2D eigenvalue weighted by Gasteiger charge is -2.18. The van der Waals surface area contributed by atoms with E-state index in [1.165, 1.54) is 17.0 Å². The zero-order chi connectivity index (χ0) is 12.1. The summed E-state index contributed by atoms with van der Waals surface area (Å²) >= 11 is 0. The molecule has 0 unspecified atom stereocenters. The van der Waals surface area contributed by atoms with Gasteiger partial charge in [0, 0.05) is 13.6 Å². The van der Waals surface area contributed by atoms with Crippen molar-refractivity contribution in [1.29, 1.82) is 5.26 Å². The van der Waals surface area contributed by atoms with Crippen LogP contribution in [0, 0.1) is 17.1 Å². The smallest absolute Gasteiger partial charge is 0.305 e. The van der Waals surface area contributed by atoms with Crippen molar-refractivity contribution in [2.45, 2.75) is 6.42 Å². The van der Waals surface area contributed by atoms with Gasteiger partial charge in [-0.25, -0.2) is 4.39 Å². The fraction of sp³-hybridized carbons (Fsp3) is 0.273. The molecule has 0 saturated heterocycles. The van der Waals surface area contributed by atoms with Crippen LogP contribution in [0.3, 0.4) is 0 Å². The first-order valence-corrected chi connectivity index (χ1v) is 4.67. The van der Waals surface area contributed by atoms with Gasteiger partial charge in [0.2, 0.25) is 0 Å². The molecule has 1 rings (SSSR count). The van der Waals surface area contributed by atoms with E-state index in [4.69, 9.17) is 10.4 Å². The molecule has 0 aliphatic heterocycles. The Morgan fingerprint density at radius 1 is 1.62 bits per heavy atom. The van der Waals surface area contributed by atoms with Crippen molar-refractivity contribution in [2.75, 3.05) is 18.5 Å². The zero-order valence-electron chi connectivity index (χ0n) is 8.77. The third kappa shape index (κ3) is 2.95. The van der Waals surface area contributed by atoms with Gasteiger partial charge >= 0.3 is 5.97 Å². The van der Waals surface area contributed by atoms with Crippen molar-refractivity contribution < 1.29 is 14.3 Å². The number of benzene rings is 1. The molecule has 5 heteroatoms. The van der Waals surface area contributed by atoms with Gasteiger partial charge < -0.3 is 10.0 Å². The van der Waals surface area contributed by atoms with Crippen molar-refractivity contribution in [2.24, 2.45) is 0 Å². The quantitative estimate of drug-likeness (QED) is 0.840. The van der Waals surface area contributed by atoms with Crippen LogP contribution in [0.1, 0.15) is 12.0 Å². The molecule has 0 amide bonds. The van der Waals surface area contributed by atoms with E-state index in [1.807, 2.05) is 6.07 Å². The van der Waals surface area contributed by atoms with Gasteiger partial charge in [-0.3, -0.25) is 4.79 Å². The Morgan fingerprint density at radius 3 is 2.81 bits per heavy atom. The molecular formula is C11H11FN2O2. The minimum Gasteiger partial charge on any atom is -0.481 e. The van der Waals surface area contributed by atoms with E-state index in [1.54, 1.807) is 7.05 Å². The van der Waals surface area contributed by atoms with E-state index < -0.39 is 11.8 Å². The maximum absolute atomic E-state index is 13.5. The van der Waals surface area contributed by atoms with Crippen molar-refractivity contribution >= 4 is 11.7 Å². The van der Waals surface area contributed by atoms with Gasteiger partial charge in [0.05, 0.1) is 23.7 Å². The summed E-state index contributed by atoms with van der Waals surface area (Å²) in [7, 11) is 1.60. The molecule has 0 saturated carbocycles. The topological polar surface area (TPSA) is 64.3 Å². The largest absolute Gasteiger partial charge is 0.481 e. The summed E-state index contributed by atoms with van der Waals surface area (Å²) in [5.74, 6) is -1.45. The van der Waals surface area contributed by atoms with Crippen LogP contribution in [0.5, 0.6) is 0 Å². The molecule has 0 spiro atoms. The molecule has 0 radical (unpaired) electrons. The summed E-state index contributed by atoms with van der Waals surface area (Å²) in [5, 5.41) is 17.1. The second kappa shape index (κ2) is 5.12. The lowest BCUT2D eigenvalue weighted by atomic mass is 10.2. The van der Waals surface area contributed by atoms with Crippen LogP contribution in [0.2, 0.25) is 0 Å². The van der Waals surface area contributed by atoms with Gasteiger partial charge in [-0.2, -0.15) is 5.26 Å². The molecular weight excluding hydrogens is 211 g/mol. The Morgan fingerprint density at radius 2 is 2.31 bits per heavy atom. The molecule has 4 nitrogen and oxygen atoms in total. The number of anilines is 1. The van der Waals surface area contributed by atoms with Gasteiger partial charge in [0.1, 0.15) is 5.82 Å². The number of carboxylic acids is 1. The number of aliphatic carboxylic acids is 1. The summed E-state index contributed by atoms with van der Waals surface area (Å²) in [5.41, 5.74) is 0.535. The molecule has 0 aliphatic carbocycles. The third-order valence-corrected chi connectivity index (χ3v) is 2.15. The van der Waals surface area contributed by atoms with Gasteiger partial charge in [0.25, 0.3) is 0 Å². The fourth-order valence-corrected chi connectivity index (χ4v) is 1.27. The van der Waals surface area contributed by atoms with Crippen molar-refractivity contribution in [3.8, 4) is 6.07 Å². The molecule has 0 aliphatic rings. The van der Waals surface area contributed by atoms with E-state index in [2.05, 4.69) is 0 Å². The van der Waals surface area contributed by atoms with Crippen LogP contribution < -0.4 is 4.90 Å². The van der Waals surface area contributed by atoms with E-state index in [9.17, 15) is 9.18 Å². The van der Waals surface area contributed by atoms with E-state index in [0.717, 1.165) is 6.07 Å². The highest BCUT2D eigenvalue weighted by atomic mass is 19.1. The summed E-state index contributed by atoms with van der Waals surface area (Å²) in [6.07, 6.45) is -0.0596. The highest BCUT2D eigenvalue weighted by molar-refractivity contribution is 5.67. The lowest BCUT2D eigenvalue weighted by molar-refractivity contribution is -0.136. The summed E-state index contributed by atoms with van der Waals surface area (Å²) in [4.78, 5) is 11.9. The van der Waals surface area contributed by atoms with Gasteiger partial charge in [-0.15, -0.1) is 0 Å². The Bertz CT molecular complexity index is 440. The van der Waals surface area contributed by atoms with E-state index in [0.29, 0.717) is 5.69 Å². The van der Waals surface area contributed by atoms with Crippen LogP contribution in [0.25, 0.3) is 0 Å². The maximum Gasteiger partial charge on any atom is 0.305 e. The molecule has 0 bridgehead atoms. The number of carbonyl (C=O) groups is 1. The molecule has 1 aromatic carbocycles. The molecule has 16 heavy (non-hydrogen) atoms. The third-order valence-electron chi connectivity index (χ3n) is 2.15. The highest BCUT2D eigenvalue weighted by Gasteiger charge is 2.09. The Labute approximate surface area is 92.5 Å². The summed E-state index contributed by atoms with van der Waals surface area (Å²) in [6.45, 7) is 0.220. The molecule has 0 heterocycles. The predicted molar refractivity (Wildman–Crippen MR) is 56.6 cm³/mol. The zero-order valence-corrected chi connectivity index (χ0v) is 8.77. The minimum absolute atomic E-state index is 0.0596. The van der Waals surface area contributed by atoms with Gasteiger partial charge in [-0.1, -0.05) is 0 Å². The van der Waals surface area contributed by atoms with Crippen LogP contribution in [0.15, 0.2) is 18.2 Å². The minimum atomic E-state index is -0.930. The number of nitriles is 1. The molecule has 1 aromatic rings. The number of hydrogen-bond acceptors (Lipinski definition) is 3. The normalized spacial score (nSPS) is 9.56. The lowest BCUT2D eigenvalue weighted by Crippen LogP contribution is -2.21. The predicted octanol–water partition coefficient (Wildman–Crippen LogP) is 1.61. The van der Waals surface area contributed by atoms with E-state index in [-0.39, 0.29) is 18.5 Å². The number of nitrogens with zero attached hydrogens (tertiary/aromatic N) is 2. The van der Waals surface area contributed by atoms with Crippen LogP contribution in [-0.2, 0) is 4.79 Å². The number of hydrogen-bond donors (Lipinski definition) is 1. The van der Waals surface area contributed by atoms with Crippen molar-refractivity contribution in [3.63, 3.8) is 0 Å². The second-order valence-corrected chi connectivity index (χ2v) is 3.34. The number of halogens is 1. The molecule has 0 aromatic heterocycles. The molecule has 0 fully saturated rings. The van der Waals surface area contributed by atoms with Crippen molar-refractivity contribution in [1.82, 2.24) is 0 Å². The average molecular weight is 222 g/mol. The van der Waals surface area contributed by atoms with Crippen LogP contribution in [0.4, 0.5) is 10.1 Å². The fourth-order valence-electron chi connectivity index (χ4n) is 1.27. The first-order chi connectivity index (χ1) is 7.54. The summed E-state index contributed by atoms with van der Waals surface area (Å²) < 4.78 is 13.5. The van der Waals surface area contributed by atoms with Crippen molar-refractivity contribution in [3.05, 3.63) is 29.6 Å². The van der Waals surface area contributed by atoms with Gasteiger partial charge in [0.15, 0.2) is 0 Å².